The molecule has 37 heavy (non-hydrogen) atoms. The van der Waals surface area contributed by atoms with Gasteiger partial charge in [-0.2, -0.15) is 0 Å². The standard InChI is InChI=1S/C29H24FN3O4/c1-17-8-6-11-19(14-17)24-22-23(26(35)31(25(22)34)16-18-9-4-3-5-10-18)29(2)27(36)32(28(37)33(24)29)21-13-7-12-20(30)15-21/h3-15,22-24H,16H2,1-2H3/t22?,23?,24?,29-/m1/s1. The van der Waals surface area contributed by atoms with Crippen LogP contribution in [0, 0.1) is 24.6 Å². The van der Waals surface area contributed by atoms with Gasteiger partial charge in [-0.1, -0.05) is 66.2 Å². The van der Waals surface area contributed by atoms with E-state index >= 15 is 0 Å². The Morgan fingerprint density at radius 2 is 1.59 bits per heavy atom. The molecule has 3 aromatic rings. The van der Waals surface area contributed by atoms with Crippen molar-refractivity contribution in [3.63, 3.8) is 0 Å². The quantitative estimate of drug-likeness (QED) is 0.400. The molecular weight excluding hydrogens is 473 g/mol. The van der Waals surface area contributed by atoms with Gasteiger partial charge in [0.1, 0.15) is 11.4 Å². The maximum absolute atomic E-state index is 14.1. The second-order valence-electron chi connectivity index (χ2n) is 10.0. The lowest BCUT2D eigenvalue weighted by molar-refractivity contribution is -0.144. The van der Waals surface area contributed by atoms with Crippen LogP contribution in [-0.2, 0) is 20.9 Å². The van der Waals surface area contributed by atoms with Crippen molar-refractivity contribution >= 4 is 29.4 Å². The molecule has 3 heterocycles. The average Bonchev–Trinajstić information content (AvgIpc) is 3.37. The molecule has 3 aliphatic rings. The normalized spacial score (nSPS) is 26.8. The average molecular weight is 498 g/mol. The lowest BCUT2D eigenvalue weighted by Crippen LogP contribution is -2.51. The fourth-order valence-corrected chi connectivity index (χ4v) is 6.21. The number of hydrogen-bond acceptors (Lipinski definition) is 4. The fraction of sp³-hybridized carbons (Fsp3) is 0.241. The van der Waals surface area contributed by atoms with Gasteiger partial charge in [0.05, 0.1) is 30.1 Å². The molecule has 0 saturated carbocycles. The minimum Gasteiger partial charge on any atom is -0.301 e. The van der Waals surface area contributed by atoms with E-state index in [1.165, 1.54) is 28.0 Å². The highest BCUT2D eigenvalue weighted by Gasteiger charge is 2.75. The summed E-state index contributed by atoms with van der Waals surface area (Å²) in [5.74, 6) is -4.10. The van der Waals surface area contributed by atoms with Crippen LogP contribution in [0.2, 0.25) is 0 Å². The molecule has 0 aromatic heterocycles. The predicted octanol–water partition coefficient (Wildman–Crippen LogP) is 4.22. The first-order valence-corrected chi connectivity index (χ1v) is 12.1. The number of likely N-dealkylation sites (tertiary alicyclic amines) is 1. The van der Waals surface area contributed by atoms with Gasteiger partial charge < -0.3 is 4.90 Å². The van der Waals surface area contributed by atoms with E-state index in [-0.39, 0.29) is 12.2 Å². The monoisotopic (exact) mass is 497 g/mol. The van der Waals surface area contributed by atoms with Crippen molar-refractivity contribution in [1.29, 1.82) is 0 Å². The number of fused-ring (bicyclic) bond motifs is 3. The van der Waals surface area contributed by atoms with Gasteiger partial charge in [0.2, 0.25) is 11.8 Å². The maximum Gasteiger partial charge on any atom is 0.332 e. The summed E-state index contributed by atoms with van der Waals surface area (Å²) in [6, 6.07) is 20.3. The van der Waals surface area contributed by atoms with Crippen LogP contribution in [0.5, 0.6) is 0 Å². The third-order valence-electron chi connectivity index (χ3n) is 7.83. The highest BCUT2D eigenvalue weighted by Crippen LogP contribution is 2.58. The first-order chi connectivity index (χ1) is 17.7. The molecule has 0 spiro atoms. The lowest BCUT2D eigenvalue weighted by Gasteiger charge is -2.32. The molecule has 0 N–H and O–H groups in total. The van der Waals surface area contributed by atoms with Crippen LogP contribution in [0.1, 0.15) is 29.7 Å². The highest BCUT2D eigenvalue weighted by atomic mass is 19.1. The number of benzene rings is 3. The molecule has 3 aromatic carbocycles. The van der Waals surface area contributed by atoms with Gasteiger partial charge >= 0.3 is 6.03 Å². The molecule has 4 atom stereocenters. The van der Waals surface area contributed by atoms with Crippen molar-refractivity contribution in [3.8, 4) is 0 Å². The second kappa shape index (κ2) is 8.09. The summed E-state index contributed by atoms with van der Waals surface area (Å²) in [6.07, 6.45) is 0. The summed E-state index contributed by atoms with van der Waals surface area (Å²) in [5, 5.41) is 0. The molecular formula is C29H24FN3O4. The molecule has 8 heteroatoms. The van der Waals surface area contributed by atoms with Crippen LogP contribution in [0.3, 0.4) is 0 Å². The largest absolute Gasteiger partial charge is 0.332 e. The number of aryl methyl sites for hydroxylation is 1. The zero-order valence-electron chi connectivity index (χ0n) is 20.3. The molecule has 3 unspecified atom stereocenters. The topological polar surface area (TPSA) is 78.0 Å². The van der Waals surface area contributed by atoms with Crippen molar-refractivity contribution in [1.82, 2.24) is 9.80 Å². The number of hydrogen-bond donors (Lipinski definition) is 0. The number of carbonyl (C=O) groups excluding carboxylic acids is 4. The van der Waals surface area contributed by atoms with Crippen LogP contribution in [0.4, 0.5) is 14.9 Å². The second-order valence-corrected chi connectivity index (χ2v) is 10.0. The Labute approximate surface area is 213 Å². The lowest BCUT2D eigenvalue weighted by atomic mass is 9.79. The Bertz CT molecular complexity index is 1470. The van der Waals surface area contributed by atoms with Gasteiger partial charge in [-0.15, -0.1) is 0 Å². The van der Waals surface area contributed by atoms with Gasteiger partial charge in [-0.3, -0.25) is 19.3 Å². The summed E-state index contributed by atoms with van der Waals surface area (Å²) in [4.78, 5) is 59.1. The van der Waals surface area contributed by atoms with Gasteiger partial charge in [0, 0.05) is 0 Å². The van der Waals surface area contributed by atoms with E-state index in [1.807, 2.05) is 55.5 Å². The van der Waals surface area contributed by atoms with E-state index in [1.54, 1.807) is 13.0 Å². The number of rotatable bonds is 4. The molecule has 5 amide bonds. The number of carbonyl (C=O) groups is 4. The predicted molar refractivity (Wildman–Crippen MR) is 132 cm³/mol. The Balaban J connectivity index is 1.50. The molecule has 7 nitrogen and oxygen atoms in total. The van der Waals surface area contributed by atoms with Crippen LogP contribution >= 0.6 is 0 Å². The Kier molecular flexibility index (Phi) is 5.05. The van der Waals surface area contributed by atoms with Crippen molar-refractivity contribution in [3.05, 3.63) is 101 Å². The SMILES string of the molecule is Cc1cccc(C2C3C(=O)N(Cc4ccccc4)C(=O)C3[C@]3(C)C(=O)N(c4cccc(F)c4)C(=O)N23)c1. The third kappa shape index (κ3) is 3.18. The van der Waals surface area contributed by atoms with E-state index in [0.717, 1.165) is 22.1 Å². The molecule has 186 valence electrons. The minimum atomic E-state index is -1.61. The molecule has 0 radical (unpaired) electrons. The van der Waals surface area contributed by atoms with E-state index in [0.29, 0.717) is 5.56 Å². The van der Waals surface area contributed by atoms with Crippen molar-refractivity contribution < 1.29 is 23.6 Å². The van der Waals surface area contributed by atoms with Crippen molar-refractivity contribution in [2.24, 2.45) is 11.8 Å². The fourth-order valence-electron chi connectivity index (χ4n) is 6.21. The van der Waals surface area contributed by atoms with Gasteiger partial charge in [0.15, 0.2) is 0 Å². The van der Waals surface area contributed by atoms with Crippen LogP contribution in [-0.4, -0.2) is 39.1 Å². The smallest absolute Gasteiger partial charge is 0.301 e. The van der Waals surface area contributed by atoms with Crippen LogP contribution in [0.15, 0.2) is 78.9 Å². The summed E-state index contributed by atoms with van der Waals surface area (Å²) >= 11 is 0. The molecule has 3 saturated heterocycles. The molecule has 3 fully saturated rings. The Hall–Kier alpha value is -4.33. The number of amides is 5. The molecule has 3 aliphatic heterocycles. The molecule has 0 bridgehead atoms. The van der Waals surface area contributed by atoms with Crippen LogP contribution < -0.4 is 4.90 Å². The summed E-state index contributed by atoms with van der Waals surface area (Å²) in [6.45, 7) is 3.53. The highest BCUT2D eigenvalue weighted by molar-refractivity contribution is 6.26. The van der Waals surface area contributed by atoms with Gasteiger partial charge in [-0.05, 0) is 43.2 Å². The third-order valence-corrected chi connectivity index (χ3v) is 7.83. The van der Waals surface area contributed by atoms with E-state index < -0.39 is 53.0 Å². The number of halogens is 1. The van der Waals surface area contributed by atoms with Crippen molar-refractivity contribution in [2.45, 2.75) is 32.0 Å². The zero-order chi connectivity index (χ0) is 26.1. The minimum absolute atomic E-state index is 0.0812. The van der Waals surface area contributed by atoms with E-state index in [9.17, 15) is 23.6 Å². The summed E-state index contributed by atoms with van der Waals surface area (Å²) in [7, 11) is 0. The zero-order valence-corrected chi connectivity index (χ0v) is 20.3. The van der Waals surface area contributed by atoms with E-state index in [2.05, 4.69) is 0 Å². The summed E-state index contributed by atoms with van der Waals surface area (Å²) in [5.41, 5.74) is 0.849. The first-order valence-electron chi connectivity index (χ1n) is 12.1. The maximum atomic E-state index is 14.1. The molecule has 0 aliphatic carbocycles. The van der Waals surface area contributed by atoms with Crippen molar-refractivity contribution in [2.75, 3.05) is 4.90 Å². The van der Waals surface area contributed by atoms with Gasteiger partial charge in [0.25, 0.3) is 5.91 Å². The van der Waals surface area contributed by atoms with E-state index in [4.69, 9.17) is 0 Å². The summed E-state index contributed by atoms with van der Waals surface area (Å²) < 4.78 is 14.1. The Morgan fingerprint density at radius 3 is 2.30 bits per heavy atom. The molecule has 6 rings (SSSR count). The van der Waals surface area contributed by atoms with Crippen LogP contribution in [0.25, 0.3) is 0 Å². The number of nitrogens with zero attached hydrogens (tertiary/aromatic N) is 3. The Morgan fingerprint density at radius 1 is 0.865 bits per heavy atom. The number of imide groups is 2. The van der Waals surface area contributed by atoms with Gasteiger partial charge in [-0.25, -0.2) is 14.1 Å². The first kappa shape index (κ1) is 23.1. The number of urea groups is 1. The number of anilines is 1.